The summed E-state index contributed by atoms with van der Waals surface area (Å²) in [6, 6.07) is 3.78. The van der Waals surface area contributed by atoms with Gasteiger partial charge in [0.1, 0.15) is 5.54 Å². The standard InChI is InChI=1S/C18H33N3/c1-4-18(14-19,20-15(2)3)11-7-13-21-12-6-9-16-8-5-10-17(16)21/h15-17,20H,4-13H2,1-3H3. The first-order chi connectivity index (χ1) is 10.1. The van der Waals surface area contributed by atoms with Crippen LogP contribution in [0.1, 0.15) is 72.1 Å². The van der Waals surface area contributed by atoms with E-state index in [1.807, 2.05) is 0 Å². The molecule has 120 valence electrons. The second kappa shape index (κ2) is 7.61. The molecule has 21 heavy (non-hydrogen) atoms. The van der Waals surface area contributed by atoms with E-state index in [-0.39, 0.29) is 5.54 Å². The Morgan fingerprint density at radius 2 is 2.05 bits per heavy atom. The fourth-order valence-corrected chi connectivity index (χ4v) is 4.49. The van der Waals surface area contributed by atoms with Crippen molar-refractivity contribution < 1.29 is 0 Å². The van der Waals surface area contributed by atoms with Gasteiger partial charge >= 0.3 is 0 Å². The van der Waals surface area contributed by atoms with E-state index < -0.39 is 0 Å². The molecule has 3 nitrogen and oxygen atoms in total. The number of piperidine rings is 1. The first-order valence-corrected chi connectivity index (χ1v) is 9.03. The highest BCUT2D eigenvalue weighted by Crippen LogP contribution is 2.36. The molecule has 3 heteroatoms. The van der Waals surface area contributed by atoms with Crippen LogP contribution < -0.4 is 5.32 Å². The summed E-state index contributed by atoms with van der Waals surface area (Å²) in [5.74, 6) is 0.972. The lowest BCUT2D eigenvalue weighted by molar-refractivity contribution is 0.108. The molecule has 0 amide bonds. The molecule has 0 aromatic heterocycles. The van der Waals surface area contributed by atoms with Crippen LogP contribution in [-0.4, -0.2) is 35.6 Å². The molecule has 0 aromatic rings. The Bertz CT molecular complexity index is 360. The zero-order valence-electron chi connectivity index (χ0n) is 14.2. The lowest BCUT2D eigenvalue weighted by Crippen LogP contribution is -2.48. The van der Waals surface area contributed by atoms with Gasteiger partial charge in [-0.25, -0.2) is 0 Å². The van der Waals surface area contributed by atoms with Crippen LogP contribution >= 0.6 is 0 Å². The van der Waals surface area contributed by atoms with E-state index in [1.165, 1.54) is 45.2 Å². The Kier molecular flexibility index (Phi) is 6.08. The van der Waals surface area contributed by atoms with E-state index >= 15 is 0 Å². The van der Waals surface area contributed by atoms with Crippen molar-refractivity contribution in [1.82, 2.24) is 10.2 Å². The van der Waals surface area contributed by atoms with Gasteiger partial charge in [-0.1, -0.05) is 13.3 Å². The van der Waals surface area contributed by atoms with Gasteiger partial charge in [0.15, 0.2) is 0 Å². The highest BCUT2D eigenvalue weighted by atomic mass is 15.2. The maximum Gasteiger partial charge on any atom is 0.106 e. The van der Waals surface area contributed by atoms with E-state index in [0.717, 1.165) is 31.2 Å². The summed E-state index contributed by atoms with van der Waals surface area (Å²) in [6.07, 6.45) is 10.1. The molecule has 0 bridgehead atoms. The lowest BCUT2D eigenvalue weighted by atomic mass is 9.89. The number of nitrogens with zero attached hydrogens (tertiary/aromatic N) is 2. The van der Waals surface area contributed by atoms with E-state index in [9.17, 15) is 5.26 Å². The minimum absolute atomic E-state index is 0.320. The topological polar surface area (TPSA) is 39.1 Å². The van der Waals surface area contributed by atoms with E-state index in [2.05, 4.69) is 37.1 Å². The van der Waals surface area contributed by atoms with Gasteiger partial charge in [-0.3, -0.25) is 5.32 Å². The van der Waals surface area contributed by atoms with Crippen molar-refractivity contribution in [2.45, 2.75) is 89.8 Å². The van der Waals surface area contributed by atoms with Gasteiger partial charge in [0, 0.05) is 12.1 Å². The van der Waals surface area contributed by atoms with Crippen LogP contribution in [0, 0.1) is 17.2 Å². The Hall–Kier alpha value is -0.590. The van der Waals surface area contributed by atoms with Crippen LogP contribution in [0.2, 0.25) is 0 Å². The van der Waals surface area contributed by atoms with Gasteiger partial charge in [0.05, 0.1) is 6.07 Å². The summed E-state index contributed by atoms with van der Waals surface area (Å²) in [5, 5.41) is 13.1. The molecular weight excluding hydrogens is 258 g/mol. The van der Waals surface area contributed by atoms with Crippen molar-refractivity contribution in [2.75, 3.05) is 13.1 Å². The summed E-state index contributed by atoms with van der Waals surface area (Å²) < 4.78 is 0. The Morgan fingerprint density at radius 1 is 1.29 bits per heavy atom. The van der Waals surface area contributed by atoms with Crippen molar-refractivity contribution in [3.8, 4) is 6.07 Å². The predicted octanol–water partition coefficient (Wildman–Crippen LogP) is 3.70. The van der Waals surface area contributed by atoms with Gasteiger partial charge in [-0.15, -0.1) is 0 Å². The number of nitriles is 1. The quantitative estimate of drug-likeness (QED) is 0.777. The minimum atomic E-state index is -0.320. The van der Waals surface area contributed by atoms with Crippen LogP contribution in [0.15, 0.2) is 0 Å². The van der Waals surface area contributed by atoms with Crippen molar-refractivity contribution in [1.29, 1.82) is 5.26 Å². The Morgan fingerprint density at radius 3 is 2.71 bits per heavy atom. The molecule has 2 fully saturated rings. The summed E-state index contributed by atoms with van der Waals surface area (Å²) in [7, 11) is 0. The van der Waals surface area contributed by atoms with Crippen LogP contribution in [-0.2, 0) is 0 Å². The first-order valence-electron chi connectivity index (χ1n) is 9.03. The average Bonchev–Trinajstić information content (AvgIpc) is 2.95. The van der Waals surface area contributed by atoms with E-state index in [1.54, 1.807) is 0 Å². The number of likely N-dealkylation sites (tertiary alicyclic amines) is 1. The number of hydrogen-bond donors (Lipinski definition) is 1. The molecule has 1 heterocycles. The third-order valence-electron chi connectivity index (χ3n) is 5.54. The summed E-state index contributed by atoms with van der Waals surface area (Å²) >= 11 is 0. The third-order valence-corrected chi connectivity index (χ3v) is 5.54. The zero-order chi connectivity index (χ0) is 15.3. The highest BCUT2D eigenvalue weighted by Gasteiger charge is 2.35. The van der Waals surface area contributed by atoms with Crippen LogP contribution in [0.25, 0.3) is 0 Å². The van der Waals surface area contributed by atoms with Crippen molar-refractivity contribution in [3.63, 3.8) is 0 Å². The predicted molar refractivity (Wildman–Crippen MR) is 88.1 cm³/mol. The first kappa shape index (κ1) is 16.8. The van der Waals surface area contributed by atoms with E-state index in [4.69, 9.17) is 0 Å². The molecule has 3 unspecified atom stereocenters. The molecule has 0 spiro atoms. The van der Waals surface area contributed by atoms with Crippen LogP contribution in [0.5, 0.6) is 0 Å². The molecule has 2 aliphatic rings. The van der Waals surface area contributed by atoms with Gasteiger partial charge in [-0.2, -0.15) is 5.26 Å². The van der Waals surface area contributed by atoms with Crippen molar-refractivity contribution >= 4 is 0 Å². The molecule has 1 aliphatic heterocycles. The van der Waals surface area contributed by atoms with Crippen LogP contribution in [0.3, 0.4) is 0 Å². The molecule has 1 saturated carbocycles. The maximum absolute atomic E-state index is 9.59. The molecule has 0 radical (unpaired) electrons. The van der Waals surface area contributed by atoms with Crippen LogP contribution in [0.4, 0.5) is 0 Å². The maximum atomic E-state index is 9.59. The summed E-state index contributed by atoms with van der Waals surface area (Å²) in [6.45, 7) is 8.87. The molecule has 0 aromatic carbocycles. The second-order valence-electron chi connectivity index (χ2n) is 7.39. The van der Waals surface area contributed by atoms with Gasteiger partial charge in [0.25, 0.3) is 0 Å². The lowest BCUT2D eigenvalue weighted by Gasteiger charge is -2.38. The number of nitrogens with one attached hydrogen (secondary N) is 1. The van der Waals surface area contributed by atoms with Gasteiger partial charge < -0.3 is 4.90 Å². The minimum Gasteiger partial charge on any atom is -0.300 e. The molecule has 1 aliphatic carbocycles. The van der Waals surface area contributed by atoms with Crippen molar-refractivity contribution in [2.24, 2.45) is 5.92 Å². The fraction of sp³-hybridized carbons (Fsp3) is 0.944. The van der Waals surface area contributed by atoms with E-state index in [0.29, 0.717) is 6.04 Å². The highest BCUT2D eigenvalue weighted by molar-refractivity contribution is 5.07. The molecule has 3 atom stereocenters. The summed E-state index contributed by atoms with van der Waals surface area (Å²) in [4.78, 5) is 2.73. The monoisotopic (exact) mass is 291 g/mol. The average molecular weight is 291 g/mol. The molecule has 2 rings (SSSR count). The van der Waals surface area contributed by atoms with Gasteiger partial charge in [-0.05, 0) is 77.8 Å². The fourth-order valence-electron chi connectivity index (χ4n) is 4.49. The largest absolute Gasteiger partial charge is 0.300 e. The smallest absolute Gasteiger partial charge is 0.106 e. The Labute approximate surface area is 131 Å². The summed E-state index contributed by atoms with van der Waals surface area (Å²) in [5.41, 5.74) is -0.320. The Balaban J connectivity index is 1.83. The second-order valence-corrected chi connectivity index (χ2v) is 7.39. The normalized spacial score (nSPS) is 29.1. The molecular formula is C18H33N3. The van der Waals surface area contributed by atoms with Crippen molar-refractivity contribution in [3.05, 3.63) is 0 Å². The number of fused-ring (bicyclic) bond motifs is 1. The number of rotatable bonds is 7. The molecule has 1 saturated heterocycles. The third kappa shape index (κ3) is 4.20. The number of hydrogen-bond acceptors (Lipinski definition) is 3. The SMILES string of the molecule is CCC(C#N)(CCCN1CCCC2CCCC21)NC(C)C. The molecule has 1 N–H and O–H groups in total. The van der Waals surface area contributed by atoms with Gasteiger partial charge in [0.2, 0.25) is 0 Å². The zero-order valence-corrected chi connectivity index (χ0v) is 14.2.